The van der Waals surface area contributed by atoms with Crippen molar-refractivity contribution in [1.82, 2.24) is 9.97 Å². The lowest BCUT2D eigenvalue weighted by atomic mass is 10.0. The topological polar surface area (TPSA) is 25.8 Å². The van der Waals surface area contributed by atoms with Gasteiger partial charge in [-0.25, -0.2) is 9.97 Å². The largest absolute Gasteiger partial charge is 0.226 e. The molecule has 0 amide bonds. The molecule has 0 saturated carbocycles. The maximum atomic E-state index is 6.24. The molecule has 0 atom stereocenters. The molecule has 4 heteroatoms. The smallest absolute Gasteiger partial charge is 0.160 e. The van der Waals surface area contributed by atoms with Crippen LogP contribution >= 0.6 is 22.9 Å². The van der Waals surface area contributed by atoms with Crippen LogP contribution in [0.1, 0.15) is 0 Å². The molecule has 152 valence electrons. The lowest BCUT2D eigenvalue weighted by Gasteiger charge is -2.09. The van der Waals surface area contributed by atoms with Crippen LogP contribution in [0.4, 0.5) is 0 Å². The van der Waals surface area contributed by atoms with Gasteiger partial charge in [0.15, 0.2) is 5.82 Å². The number of halogens is 1. The van der Waals surface area contributed by atoms with E-state index >= 15 is 0 Å². The molecular weight excluding hydrogens is 432 g/mol. The quantitative estimate of drug-likeness (QED) is 0.271. The SMILES string of the molecule is Clc1cccc(-c2cccc(-c3nc(-c4ccccc4)nc4c3sc3ccccc34)c2)c1. The first-order valence-corrected chi connectivity index (χ1v) is 11.6. The molecule has 2 nitrogen and oxygen atoms in total. The average Bonchev–Trinajstić information content (AvgIpc) is 3.23. The molecule has 0 aliphatic rings. The molecule has 0 fully saturated rings. The van der Waals surface area contributed by atoms with Crippen LogP contribution < -0.4 is 0 Å². The minimum atomic E-state index is 0.730. The van der Waals surface area contributed by atoms with Crippen LogP contribution in [0.15, 0.2) is 103 Å². The second-order valence-electron chi connectivity index (χ2n) is 7.63. The normalized spacial score (nSPS) is 11.3. The lowest BCUT2D eigenvalue weighted by molar-refractivity contribution is 1.24. The number of hydrogen-bond donors (Lipinski definition) is 0. The van der Waals surface area contributed by atoms with E-state index in [1.165, 1.54) is 10.1 Å². The average molecular weight is 449 g/mol. The Kier molecular flexibility index (Phi) is 4.71. The third-order valence-corrected chi connectivity index (χ3v) is 6.95. The van der Waals surface area contributed by atoms with Gasteiger partial charge in [0.2, 0.25) is 0 Å². The summed E-state index contributed by atoms with van der Waals surface area (Å²) in [4.78, 5) is 10.1. The van der Waals surface area contributed by atoms with Crippen molar-refractivity contribution in [2.75, 3.05) is 0 Å². The van der Waals surface area contributed by atoms with E-state index in [0.29, 0.717) is 0 Å². The molecule has 2 aromatic heterocycles. The van der Waals surface area contributed by atoms with Crippen molar-refractivity contribution in [1.29, 1.82) is 0 Å². The third-order valence-electron chi connectivity index (χ3n) is 5.55. The first kappa shape index (κ1) is 19.2. The van der Waals surface area contributed by atoms with Crippen molar-refractivity contribution in [2.24, 2.45) is 0 Å². The monoisotopic (exact) mass is 448 g/mol. The molecule has 0 saturated heterocycles. The number of nitrogens with zero attached hydrogens (tertiary/aromatic N) is 2. The first-order chi connectivity index (χ1) is 15.8. The molecule has 32 heavy (non-hydrogen) atoms. The van der Waals surface area contributed by atoms with E-state index in [1.807, 2.05) is 36.4 Å². The van der Waals surface area contributed by atoms with Crippen molar-refractivity contribution in [3.63, 3.8) is 0 Å². The number of thiophene rings is 1. The van der Waals surface area contributed by atoms with Crippen molar-refractivity contribution in [3.8, 4) is 33.8 Å². The summed E-state index contributed by atoms with van der Waals surface area (Å²) in [5, 5.41) is 1.90. The Bertz CT molecular complexity index is 1590. The summed E-state index contributed by atoms with van der Waals surface area (Å²) in [5.41, 5.74) is 6.24. The fourth-order valence-electron chi connectivity index (χ4n) is 4.02. The van der Waals surface area contributed by atoms with Gasteiger partial charge in [0.1, 0.15) is 0 Å². The molecular formula is C28H17ClN2S. The van der Waals surface area contributed by atoms with Crippen molar-refractivity contribution >= 4 is 43.2 Å². The summed E-state index contributed by atoms with van der Waals surface area (Å²) >= 11 is 7.99. The van der Waals surface area contributed by atoms with Crippen LogP contribution in [0.2, 0.25) is 5.02 Å². The Morgan fingerprint density at radius 2 is 1.28 bits per heavy atom. The van der Waals surface area contributed by atoms with E-state index in [-0.39, 0.29) is 0 Å². The fourth-order valence-corrected chi connectivity index (χ4v) is 5.36. The Morgan fingerprint density at radius 1 is 0.594 bits per heavy atom. The van der Waals surface area contributed by atoms with Gasteiger partial charge in [-0.1, -0.05) is 90.5 Å². The summed E-state index contributed by atoms with van der Waals surface area (Å²) in [6.07, 6.45) is 0. The first-order valence-electron chi connectivity index (χ1n) is 10.4. The molecule has 0 radical (unpaired) electrons. The van der Waals surface area contributed by atoms with Crippen molar-refractivity contribution < 1.29 is 0 Å². The highest BCUT2D eigenvalue weighted by Gasteiger charge is 2.16. The predicted octanol–water partition coefficient (Wildman–Crippen LogP) is 8.50. The number of hydrogen-bond acceptors (Lipinski definition) is 3. The van der Waals surface area contributed by atoms with Crippen LogP contribution in [0, 0.1) is 0 Å². The maximum Gasteiger partial charge on any atom is 0.160 e. The molecule has 0 N–H and O–H groups in total. The Labute approximate surface area is 194 Å². The zero-order valence-electron chi connectivity index (χ0n) is 17.0. The molecule has 0 bridgehead atoms. The molecule has 2 heterocycles. The number of benzene rings is 4. The van der Waals surface area contributed by atoms with Crippen LogP contribution in [-0.4, -0.2) is 9.97 Å². The summed E-state index contributed by atoms with van der Waals surface area (Å²) in [6, 6.07) is 35.0. The fraction of sp³-hybridized carbons (Fsp3) is 0. The number of fused-ring (bicyclic) bond motifs is 3. The molecule has 0 unspecified atom stereocenters. The van der Waals surface area contributed by atoms with E-state index in [0.717, 1.165) is 49.0 Å². The molecule has 4 aromatic carbocycles. The van der Waals surface area contributed by atoms with Gasteiger partial charge in [0, 0.05) is 26.2 Å². The summed E-state index contributed by atoms with van der Waals surface area (Å²) < 4.78 is 2.32. The zero-order chi connectivity index (χ0) is 21.5. The van der Waals surface area contributed by atoms with Crippen LogP contribution in [0.5, 0.6) is 0 Å². The van der Waals surface area contributed by atoms with Gasteiger partial charge in [0.25, 0.3) is 0 Å². The van der Waals surface area contributed by atoms with Gasteiger partial charge in [-0.05, 0) is 35.4 Å². The van der Waals surface area contributed by atoms with E-state index in [2.05, 4.69) is 66.7 Å². The van der Waals surface area contributed by atoms with E-state index < -0.39 is 0 Å². The van der Waals surface area contributed by atoms with Crippen LogP contribution in [0.25, 0.3) is 54.1 Å². The van der Waals surface area contributed by atoms with Gasteiger partial charge in [0.05, 0.1) is 15.9 Å². The minimum Gasteiger partial charge on any atom is -0.226 e. The van der Waals surface area contributed by atoms with Gasteiger partial charge >= 0.3 is 0 Å². The summed E-state index contributed by atoms with van der Waals surface area (Å²) in [6.45, 7) is 0. The molecule has 0 spiro atoms. The highest BCUT2D eigenvalue weighted by Crippen LogP contribution is 2.40. The summed E-state index contributed by atoms with van der Waals surface area (Å²) in [5.74, 6) is 0.741. The molecule has 6 rings (SSSR count). The highest BCUT2D eigenvalue weighted by molar-refractivity contribution is 7.26. The molecule has 6 aromatic rings. The standard InChI is InChI=1S/C28H17ClN2S/c29-22-13-7-11-20(17-22)19-10-6-12-21(16-19)25-27-26(23-14-4-5-15-24(23)32-27)31-28(30-25)18-8-2-1-3-9-18/h1-17H. The van der Waals surface area contributed by atoms with Crippen molar-refractivity contribution in [3.05, 3.63) is 108 Å². The van der Waals surface area contributed by atoms with Crippen molar-refractivity contribution in [2.45, 2.75) is 0 Å². The van der Waals surface area contributed by atoms with Gasteiger partial charge in [-0.2, -0.15) is 0 Å². The second-order valence-corrected chi connectivity index (χ2v) is 9.12. The van der Waals surface area contributed by atoms with Gasteiger partial charge < -0.3 is 0 Å². The highest BCUT2D eigenvalue weighted by atomic mass is 35.5. The van der Waals surface area contributed by atoms with Crippen LogP contribution in [-0.2, 0) is 0 Å². The maximum absolute atomic E-state index is 6.24. The van der Waals surface area contributed by atoms with Gasteiger partial charge in [-0.3, -0.25) is 0 Å². The van der Waals surface area contributed by atoms with E-state index in [4.69, 9.17) is 21.6 Å². The zero-order valence-corrected chi connectivity index (χ0v) is 18.6. The van der Waals surface area contributed by atoms with Gasteiger partial charge in [-0.15, -0.1) is 11.3 Å². The van der Waals surface area contributed by atoms with E-state index in [1.54, 1.807) is 11.3 Å². The predicted molar refractivity (Wildman–Crippen MR) is 136 cm³/mol. The molecule has 0 aliphatic heterocycles. The second kappa shape index (κ2) is 7.86. The minimum absolute atomic E-state index is 0.730. The number of aromatic nitrogens is 2. The number of rotatable bonds is 3. The Morgan fingerprint density at radius 3 is 2.12 bits per heavy atom. The Hall–Kier alpha value is -3.53. The lowest BCUT2D eigenvalue weighted by Crippen LogP contribution is -1.93. The Balaban J connectivity index is 1.63. The molecule has 0 aliphatic carbocycles. The van der Waals surface area contributed by atoms with E-state index in [9.17, 15) is 0 Å². The third kappa shape index (κ3) is 3.36. The summed E-state index contributed by atoms with van der Waals surface area (Å²) in [7, 11) is 0. The van der Waals surface area contributed by atoms with Crippen LogP contribution in [0.3, 0.4) is 0 Å².